The summed E-state index contributed by atoms with van der Waals surface area (Å²) in [5.41, 5.74) is 4.55. The van der Waals surface area contributed by atoms with Crippen LogP contribution in [0.5, 0.6) is 0 Å². The Hall–Kier alpha value is -3.36. The molecule has 46 heavy (non-hydrogen) atoms. The SMILES string of the molecule is CC(=O)N[C@H]1CC[C@@H](N(C)c2cc(-c3cnn(C)c3)cc(C(=O)NCC3C(=O)NC(C)C4(CCCCCCCC4)C3C)c2C)CC1. The number of hydrogen-bond acceptors (Lipinski definition) is 5. The van der Waals surface area contributed by atoms with Gasteiger partial charge in [-0.2, -0.15) is 5.10 Å². The molecule has 9 nitrogen and oxygen atoms in total. The van der Waals surface area contributed by atoms with Crippen LogP contribution in [0, 0.1) is 24.2 Å². The number of aryl methyl sites for hydroxylation is 1. The largest absolute Gasteiger partial charge is 0.371 e. The van der Waals surface area contributed by atoms with Gasteiger partial charge in [0.2, 0.25) is 11.8 Å². The van der Waals surface area contributed by atoms with Gasteiger partial charge in [-0.05, 0) is 87.0 Å². The maximum absolute atomic E-state index is 14.1. The van der Waals surface area contributed by atoms with Gasteiger partial charge in [0.05, 0.1) is 12.1 Å². The summed E-state index contributed by atoms with van der Waals surface area (Å²) in [5, 5.41) is 14.0. The van der Waals surface area contributed by atoms with E-state index in [0.29, 0.717) is 18.2 Å². The number of amides is 3. The molecule has 3 fully saturated rings. The number of hydrogen-bond donors (Lipinski definition) is 3. The maximum atomic E-state index is 14.1. The van der Waals surface area contributed by atoms with Gasteiger partial charge in [0.25, 0.3) is 5.91 Å². The zero-order valence-corrected chi connectivity index (χ0v) is 29.0. The van der Waals surface area contributed by atoms with Crippen molar-refractivity contribution in [1.29, 1.82) is 0 Å². The zero-order valence-electron chi connectivity index (χ0n) is 29.0. The molecule has 0 radical (unpaired) electrons. The molecule has 1 aliphatic heterocycles. The monoisotopic (exact) mass is 632 g/mol. The van der Waals surface area contributed by atoms with Crippen LogP contribution in [0.1, 0.15) is 114 Å². The summed E-state index contributed by atoms with van der Waals surface area (Å²) >= 11 is 0. The Kier molecular flexibility index (Phi) is 10.8. The number of carbonyl (C=O) groups excluding carboxylic acids is 3. The lowest BCUT2D eigenvalue weighted by atomic mass is 9.59. The lowest BCUT2D eigenvalue weighted by Crippen LogP contribution is -2.61. The fraction of sp³-hybridized carbons (Fsp3) is 0.676. The molecule has 1 saturated heterocycles. The average Bonchev–Trinajstić information content (AvgIpc) is 3.50. The second-order valence-electron chi connectivity index (χ2n) is 14.6. The molecule has 252 valence electrons. The first-order chi connectivity index (χ1) is 22.0. The first-order valence-electron chi connectivity index (χ1n) is 17.7. The van der Waals surface area contributed by atoms with Crippen molar-refractivity contribution in [2.24, 2.45) is 24.3 Å². The standard InChI is InChI=1S/C37H56N6O3/c1-24-32(35(45)38-22-33-25(2)37(26(3)40-36(33)46)17-11-9-7-8-10-12-18-37)19-28(29-21-39-42(5)23-29)20-34(24)43(6)31-15-13-30(14-16-31)41-27(4)44/h19-21,23,25-26,30-31,33H,7-18,22H2,1-6H3,(H,38,45)(H,40,46)(H,41,44)/t25?,26?,30-,31+,33?. The van der Waals surface area contributed by atoms with Gasteiger partial charge in [0, 0.05) is 68.7 Å². The summed E-state index contributed by atoms with van der Waals surface area (Å²) < 4.78 is 1.78. The molecule has 1 spiro atoms. The van der Waals surface area contributed by atoms with Gasteiger partial charge in [-0.1, -0.05) is 45.4 Å². The van der Waals surface area contributed by atoms with Crippen LogP contribution < -0.4 is 20.9 Å². The Labute approximate surface area is 275 Å². The molecule has 5 rings (SSSR count). The van der Waals surface area contributed by atoms with E-state index in [2.05, 4.69) is 52.9 Å². The molecule has 2 heterocycles. The fourth-order valence-electron chi connectivity index (χ4n) is 8.81. The minimum Gasteiger partial charge on any atom is -0.371 e. The molecule has 3 unspecified atom stereocenters. The molecular formula is C37H56N6O3. The van der Waals surface area contributed by atoms with E-state index in [9.17, 15) is 14.4 Å². The van der Waals surface area contributed by atoms with Gasteiger partial charge in [-0.25, -0.2) is 0 Å². The molecule has 0 bridgehead atoms. The van der Waals surface area contributed by atoms with Crippen LogP contribution in [0.2, 0.25) is 0 Å². The average molecular weight is 633 g/mol. The second-order valence-corrected chi connectivity index (χ2v) is 14.6. The Morgan fingerprint density at radius 1 is 1.02 bits per heavy atom. The topological polar surface area (TPSA) is 108 Å². The normalized spacial score (nSPS) is 26.7. The first-order valence-corrected chi connectivity index (χ1v) is 17.7. The van der Waals surface area contributed by atoms with Crippen molar-refractivity contribution >= 4 is 23.4 Å². The van der Waals surface area contributed by atoms with Crippen molar-refractivity contribution in [2.75, 3.05) is 18.5 Å². The molecule has 1 aromatic heterocycles. The molecule has 1 aromatic carbocycles. The molecule has 3 N–H and O–H groups in total. The summed E-state index contributed by atoms with van der Waals surface area (Å²) in [7, 11) is 4.01. The number of piperidine rings is 1. The van der Waals surface area contributed by atoms with E-state index in [4.69, 9.17) is 0 Å². The van der Waals surface area contributed by atoms with Gasteiger partial charge < -0.3 is 20.9 Å². The van der Waals surface area contributed by atoms with Crippen molar-refractivity contribution in [1.82, 2.24) is 25.7 Å². The highest BCUT2D eigenvalue weighted by Gasteiger charge is 2.50. The third-order valence-electron chi connectivity index (χ3n) is 11.8. The maximum Gasteiger partial charge on any atom is 0.251 e. The van der Waals surface area contributed by atoms with Crippen LogP contribution in [0.15, 0.2) is 24.5 Å². The molecular weight excluding hydrogens is 576 g/mol. The summed E-state index contributed by atoms with van der Waals surface area (Å²) in [6.45, 7) is 8.39. The first kappa shape index (κ1) is 34.0. The lowest BCUT2D eigenvalue weighted by molar-refractivity contribution is -0.137. The van der Waals surface area contributed by atoms with Crippen LogP contribution in [-0.4, -0.2) is 59.2 Å². The van der Waals surface area contributed by atoms with Gasteiger partial charge in [-0.3, -0.25) is 19.1 Å². The van der Waals surface area contributed by atoms with Crippen LogP contribution in [0.25, 0.3) is 11.1 Å². The molecule has 2 saturated carbocycles. The van der Waals surface area contributed by atoms with E-state index < -0.39 is 0 Å². The lowest BCUT2D eigenvalue weighted by Gasteiger charge is -2.51. The summed E-state index contributed by atoms with van der Waals surface area (Å²) in [4.78, 5) is 41.4. The minimum absolute atomic E-state index is 0.0254. The van der Waals surface area contributed by atoms with E-state index in [1.54, 1.807) is 11.6 Å². The zero-order chi connectivity index (χ0) is 33.0. The molecule has 3 amide bonds. The Bertz CT molecular complexity index is 1380. The van der Waals surface area contributed by atoms with Crippen LogP contribution in [-0.2, 0) is 16.6 Å². The summed E-state index contributed by atoms with van der Waals surface area (Å²) in [5.74, 6) is -0.135. The van der Waals surface area contributed by atoms with E-state index >= 15 is 0 Å². The van der Waals surface area contributed by atoms with E-state index in [-0.39, 0.29) is 47.1 Å². The van der Waals surface area contributed by atoms with Crippen LogP contribution in [0.3, 0.4) is 0 Å². The number of nitrogens with zero attached hydrogens (tertiary/aromatic N) is 3. The second kappa shape index (κ2) is 14.6. The molecule has 2 aromatic rings. The number of nitrogens with one attached hydrogen (secondary N) is 3. The number of aromatic nitrogens is 2. The van der Waals surface area contributed by atoms with Crippen molar-refractivity contribution in [3.8, 4) is 11.1 Å². The quantitative estimate of drug-likeness (QED) is 0.352. The number of rotatable bonds is 7. The van der Waals surface area contributed by atoms with E-state index in [0.717, 1.165) is 60.9 Å². The molecule has 3 atom stereocenters. The third-order valence-corrected chi connectivity index (χ3v) is 11.8. The van der Waals surface area contributed by atoms with Crippen molar-refractivity contribution in [2.45, 2.75) is 123 Å². The van der Waals surface area contributed by atoms with Gasteiger partial charge in [0.1, 0.15) is 0 Å². The predicted molar refractivity (Wildman–Crippen MR) is 184 cm³/mol. The van der Waals surface area contributed by atoms with E-state index in [1.807, 2.05) is 32.4 Å². The van der Waals surface area contributed by atoms with Crippen LogP contribution in [0.4, 0.5) is 5.69 Å². The van der Waals surface area contributed by atoms with Gasteiger partial charge >= 0.3 is 0 Å². The smallest absolute Gasteiger partial charge is 0.251 e. The van der Waals surface area contributed by atoms with Crippen LogP contribution >= 0.6 is 0 Å². The summed E-state index contributed by atoms with van der Waals surface area (Å²) in [6.07, 6.45) is 17.4. The van der Waals surface area contributed by atoms with Gasteiger partial charge in [-0.15, -0.1) is 0 Å². The number of benzene rings is 1. The minimum atomic E-state index is -0.261. The highest BCUT2D eigenvalue weighted by Crippen LogP contribution is 2.48. The Morgan fingerprint density at radius 2 is 1.67 bits per heavy atom. The highest BCUT2D eigenvalue weighted by atomic mass is 16.2. The molecule has 9 heteroatoms. The summed E-state index contributed by atoms with van der Waals surface area (Å²) in [6, 6.07) is 4.81. The fourth-order valence-corrected chi connectivity index (χ4v) is 8.81. The number of anilines is 1. The highest BCUT2D eigenvalue weighted by molar-refractivity contribution is 5.99. The van der Waals surface area contributed by atoms with E-state index in [1.165, 1.54) is 38.5 Å². The molecule has 3 aliphatic rings. The Balaban J connectivity index is 1.37. The number of carbonyl (C=O) groups is 3. The van der Waals surface area contributed by atoms with Gasteiger partial charge in [0.15, 0.2) is 0 Å². The third kappa shape index (κ3) is 7.28. The van der Waals surface area contributed by atoms with Crippen molar-refractivity contribution in [3.63, 3.8) is 0 Å². The molecule has 2 aliphatic carbocycles. The van der Waals surface area contributed by atoms with Crippen molar-refractivity contribution in [3.05, 3.63) is 35.7 Å². The van der Waals surface area contributed by atoms with Crippen molar-refractivity contribution < 1.29 is 14.4 Å². The predicted octanol–water partition coefficient (Wildman–Crippen LogP) is 5.90. The Morgan fingerprint density at radius 3 is 2.28 bits per heavy atom.